The summed E-state index contributed by atoms with van der Waals surface area (Å²) in [5.41, 5.74) is 2.47. The summed E-state index contributed by atoms with van der Waals surface area (Å²) in [4.78, 5) is 17.7. The van der Waals surface area contributed by atoms with Gasteiger partial charge in [0.15, 0.2) is 5.13 Å². The molecule has 0 saturated carbocycles. The number of benzene rings is 2. The van der Waals surface area contributed by atoms with Gasteiger partial charge < -0.3 is 10.2 Å². The minimum Gasteiger partial charge on any atom is -0.308 e. The molecule has 0 radical (unpaired) electrons. The van der Waals surface area contributed by atoms with Crippen LogP contribution in [0.2, 0.25) is 0 Å². The van der Waals surface area contributed by atoms with Gasteiger partial charge in [0.25, 0.3) is 0 Å². The normalized spacial score (nSPS) is 11.9. The zero-order chi connectivity index (χ0) is 20.3. The molecule has 0 aliphatic carbocycles. The molecule has 2 aromatic carbocycles. The largest absolute Gasteiger partial charge is 0.308 e. The van der Waals surface area contributed by atoms with Crippen LogP contribution in [0.25, 0.3) is 21.3 Å². The van der Waals surface area contributed by atoms with Crippen molar-refractivity contribution in [3.05, 3.63) is 42.5 Å². The van der Waals surface area contributed by atoms with E-state index >= 15 is 0 Å². The van der Waals surface area contributed by atoms with Crippen LogP contribution in [0.1, 0.15) is 6.92 Å². The summed E-state index contributed by atoms with van der Waals surface area (Å²) in [5, 5.41) is 3.23. The van der Waals surface area contributed by atoms with Gasteiger partial charge in [0.05, 0.1) is 15.1 Å². The number of thiazole rings is 1. The van der Waals surface area contributed by atoms with Gasteiger partial charge in [-0.3, -0.25) is 4.79 Å². The standard InChI is InChI=1S/C19H22N4O3S2/c1-13(24)21-19-22-17-8-7-15(12-18(17)27-19)14-5-4-6-16(11-14)28(25,26)20-9-10-23(2)3/h4-8,11-12,20H,9-10H2,1-3H3,(H,21,22,24). The second-order valence-electron chi connectivity index (χ2n) is 6.61. The summed E-state index contributed by atoms with van der Waals surface area (Å²) < 4.78 is 28.6. The number of aromatic nitrogens is 1. The number of likely N-dealkylation sites (N-methyl/N-ethyl adjacent to an activating group) is 1. The van der Waals surface area contributed by atoms with Gasteiger partial charge in [-0.2, -0.15) is 0 Å². The number of fused-ring (bicyclic) bond motifs is 1. The Labute approximate surface area is 168 Å². The van der Waals surface area contributed by atoms with E-state index in [0.29, 0.717) is 18.2 Å². The number of sulfonamides is 1. The highest BCUT2D eigenvalue weighted by Gasteiger charge is 2.15. The third kappa shape index (κ3) is 4.93. The Hall–Kier alpha value is -2.33. The molecule has 148 valence electrons. The second-order valence-corrected chi connectivity index (χ2v) is 9.41. The van der Waals surface area contributed by atoms with Crippen LogP contribution < -0.4 is 10.0 Å². The molecule has 9 heteroatoms. The second kappa shape index (κ2) is 8.36. The molecule has 0 saturated heterocycles. The molecule has 1 amide bonds. The molecule has 0 bridgehead atoms. The summed E-state index contributed by atoms with van der Waals surface area (Å²) in [6.07, 6.45) is 0. The van der Waals surface area contributed by atoms with E-state index in [9.17, 15) is 13.2 Å². The predicted octanol–water partition coefficient (Wildman–Crippen LogP) is 2.76. The Balaban J connectivity index is 1.87. The number of hydrogen-bond acceptors (Lipinski definition) is 6. The van der Waals surface area contributed by atoms with E-state index in [2.05, 4.69) is 15.0 Å². The lowest BCUT2D eigenvalue weighted by molar-refractivity contribution is -0.114. The van der Waals surface area contributed by atoms with Crippen molar-refractivity contribution in [3.8, 4) is 11.1 Å². The fraction of sp³-hybridized carbons (Fsp3) is 0.263. The van der Waals surface area contributed by atoms with E-state index in [1.54, 1.807) is 18.2 Å². The maximum atomic E-state index is 12.5. The predicted molar refractivity (Wildman–Crippen MR) is 113 cm³/mol. The maximum absolute atomic E-state index is 12.5. The lowest BCUT2D eigenvalue weighted by atomic mass is 10.1. The fourth-order valence-corrected chi connectivity index (χ4v) is 4.66. The Morgan fingerprint density at radius 2 is 1.89 bits per heavy atom. The first-order valence-corrected chi connectivity index (χ1v) is 11.0. The first-order chi connectivity index (χ1) is 13.2. The topological polar surface area (TPSA) is 91.4 Å². The van der Waals surface area contributed by atoms with Crippen molar-refractivity contribution in [1.29, 1.82) is 0 Å². The van der Waals surface area contributed by atoms with Gasteiger partial charge in [-0.25, -0.2) is 18.1 Å². The van der Waals surface area contributed by atoms with Crippen LogP contribution in [-0.4, -0.2) is 51.4 Å². The van der Waals surface area contributed by atoms with Crippen molar-refractivity contribution in [2.24, 2.45) is 0 Å². The fourth-order valence-electron chi connectivity index (χ4n) is 2.64. The van der Waals surface area contributed by atoms with Crippen molar-refractivity contribution < 1.29 is 13.2 Å². The number of anilines is 1. The molecule has 0 aliphatic rings. The van der Waals surface area contributed by atoms with Gasteiger partial charge in [0, 0.05) is 20.0 Å². The Morgan fingerprint density at radius 3 is 2.61 bits per heavy atom. The monoisotopic (exact) mass is 418 g/mol. The van der Waals surface area contributed by atoms with E-state index in [0.717, 1.165) is 21.3 Å². The lowest BCUT2D eigenvalue weighted by Gasteiger charge is -2.11. The molecule has 0 fully saturated rings. The van der Waals surface area contributed by atoms with Crippen LogP contribution >= 0.6 is 11.3 Å². The molecule has 0 aliphatic heterocycles. The molecular formula is C19H22N4O3S2. The quantitative estimate of drug-likeness (QED) is 0.616. The molecule has 0 atom stereocenters. The third-order valence-corrected chi connectivity index (χ3v) is 6.39. The van der Waals surface area contributed by atoms with Crippen molar-refractivity contribution in [2.45, 2.75) is 11.8 Å². The summed E-state index contributed by atoms with van der Waals surface area (Å²) >= 11 is 1.38. The van der Waals surface area contributed by atoms with Crippen LogP contribution in [0.5, 0.6) is 0 Å². The van der Waals surface area contributed by atoms with Gasteiger partial charge in [0.1, 0.15) is 0 Å². The zero-order valence-electron chi connectivity index (χ0n) is 15.9. The molecular weight excluding hydrogens is 396 g/mol. The van der Waals surface area contributed by atoms with E-state index < -0.39 is 10.0 Å². The van der Waals surface area contributed by atoms with Crippen LogP contribution in [0.4, 0.5) is 5.13 Å². The molecule has 7 nitrogen and oxygen atoms in total. The molecule has 1 aromatic heterocycles. The first-order valence-electron chi connectivity index (χ1n) is 8.67. The van der Waals surface area contributed by atoms with Crippen molar-refractivity contribution in [2.75, 3.05) is 32.5 Å². The Morgan fingerprint density at radius 1 is 1.14 bits per heavy atom. The van der Waals surface area contributed by atoms with E-state index in [1.165, 1.54) is 18.3 Å². The van der Waals surface area contributed by atoms with Crippen LogP contribution in [0.3, 0.4) is 0 Å². The number of rotatable bonds is 7. The van der Waals surface area contributed by atoms with Crippen molar-refractivity contribution in [3.63, 3.8) is 0 Å². The van der Waals surface area contributed by atoms with Crippen LogP contribution in [-0.2, 0) is 14.8 Å². The van der Waals surface area contributed by atoms with Crippen molar-refractivity contribution in [1.82, 2.24) is 14.6 Å². The van der Waals surface area contributed by atoms with Gasteiger partial charge >= 0.3 is 0 Å². The molecule has 2 N–H and O–H groups in total. The molecule has 1 heterocycles. The highest BCUT2D eigenvalue weighted by Crippen LogP contribution is 2.31. The molecule has 0 spiro atoms. The summed E-state index contributed by atoms with van der Waals surface area (Å²) in [6.45, 7) is 2.41. The molecule has 0 unspecified atom stereocenters. The summed E-state index contributed by atoms with van der Waals surface area (Å²) in [5.74, 6) is -0.168. The maximum Gasteiger partial charge on any atom is 0.240 e. The highest BCUT2D eigenvalue weighted by molar-refractivity contribution is 7.89. The minimum absolute atomic E-state index is 0.168. The van der Waals surface area contributed by atoms with Gasteiger partial charge in [-0.1, -0.05) is 29.5 Å². The number of carbonyl (C=O) groups is 1. The minimum atomic E-state index is -3.57. The molecule has 3 rings (SSSR count). The zero-order valence-corrected chi connectivity index (χ0v) is 17.5. The number of hydrogen-bond donors (Lipinski definition) is 2. The van der Waals surface area contributed by atoms with Gasteiger partial charge in [-0.05, 0) is 49.5 Å². The van der Waals surface area contributed by atoms with Gasteiger partial charge in [-0.15, -0.1) is 0 Å². The number of carbonyl (C=O) groups excluding carboxylic acids is 1. The van der Waals surface area contributed by atoms with Crippen LogP contribution in [0, 0.1) is 0 Å². The van der Waals surface area contributed by atoms with E-state index in [1.807, 2.05) is 43.3 Å². The number of nitrogens with one attached hydrogen (secondary N) is 2. The van der Waals surface area contributed by atoms with Gasteiger partial charge in [0.2, 0.25) is 15.9 Å². The average molecular weight is 419 g/mol. The smallest absolute Gasteiger partial charge is 0.240 e. The van der Waals surface area contributed by atoms with E-state index in [4.69, 9.17) is 0 Å². The Kier molecular flexibility index (Phi) is 6.09. The Bertz CT molecular complexity index is 1110. The van der Waals surface area contributed by atoms with E-state index in [-0.39, 0.29) is 10.8 Å². The summed E-state index contributed by atoms with van der Waals surface area (Å²) in [7, 11) is 0.209. The summed E-state index contributed by atoms with van der Waals surface area (Å²) in [6, 6.07) is 12.6. The van der Waals surface area contributed by atoms with Crippen molar-refractivity contribution >= 4 is 42.6 Å². The highest BCUT2D eigenvalue weighted by atomic mass is 32.2. The number of nitrogens with zero attached hydrogens (tertiary/aromatic N) is 2. The third-order valence-electron chi connectivity index (χ3n) is 4.00. The number of amides is 1. The molecule has 28 heavy (non-hydrogen) atoms. The average Bonchev–Trinajstić information content (AvgIpc) is 3.01. The molecule has 3 aromatic rings. The first kappa shape index (κ1) is 20.4. The lowest BCUT2D eigenvalue weighted by Crippen LogP contribution is -2.31. The van der Waals surface area contributed by atoms with Crippen LogP contribution in [0.15, 0.2) is 47.4 Å². The SMILES string of the molecule is CC(=O)Nc1nc2ccc(-c3cccc(S(=O)(=O)NCCN(C)C)c3)cc2s1.